The van der Waals surface area contributed by atoms with Gasteiger partial charge in [-0.2, -0.15) is 15.1 Å². The average Bonchev–Trinajstić information content (AvgIpc) is 3.69. The van der Waals surface area contributed by atoms with Crippen molar-refractivity contribution < 1.29 is 9.53 Å². The second-order valence-corrected chi connectivity index (χ2v) is 10.3. The predicted molar refractivity (Wildman–Crippen MR) is 159 cm³/mol. The lowest BCUT2D eigenvalue weighted by Gasteiger charge is -2.35. The number of aromatic nitrogens is 5. The molecule has 0 aliphatic carbocycles. The van der Waals surface area contributed by atoms with E-state index in [9.17, 15) is 4.79 Å². The Morgan fingerprint density at radius 3 is 2.39 bits per heavy atom. The maximum absolute atomic E-state index is 12.5. The van der Waals surface area contributed by atoms with Crippen LogP contribution in [-0.2, 0) is 11.3 Å². The van der Waals surface area contributed by atoms with Gasteiger partial charge in [0.15, 0.2) is 0 Å². The highest BCUT2D eigenvalue weighted by Gasteiger charge is 2.24. The number of nitrogens with one attached hydrogen (secondary N) is 2. The SMILES string of the molecule is COCCNC(=O)N1CCN(c2cc(N3CCCC3)nc(Nc3cc4c(cn3)cnn4Cc3ccccc3)n2)CC1. The minimum Gasteiger partial charge on any atom is -0.383 e. The second-order valence-electron chi connectivity index (χ2n) is 10.3. The number of benzene rings is 1. The molecule has 0 saturated carbocycles. The number of ether oxygens (including phenoxy) is 1. The van der Waals surface area contributed by atoms with Gasteiger partial charge in [-0.05, 0) is 18.4 Å². The van der Waals surface area contributed by atoms with Gasteiger partial charge >= 0.3 is 6.03 Å². The molecule has 2 saturated heterocycles. The van der Waals surface area contributed by atoms with Crippen LogP contribution < -0.4 is 20.4 Å². The monoisotopic (exact) mass is 556 g/mol. The Bertz CT molecular complexity index is 1460. The molecule has 2 N–H and O–H groups in total. The number of hydrogen-bond acceptors (Lipinski definition) is 9. The fourth-order valence-corrected chi connectivity index (χ4v) is 5.30. The van der Waals surface area contributed by atoms with E-state index in [1.54, 1.807) is 7.11 Å². The van der Waals surface area contributed by atoms with E-state index in [-0.39, 0.29) is 6.03 Å². The van der Waals surface area contributed by atoms with Crippen molar-refractivity contribution in [1.82, 2.24) is 34.9 Å². The first-order valence-corrected chi connectivity index (χ1v) is 14.2. The third-order valence-corrected chi connectivity index (χ3v) is 7.54. The summed E-state index contributed by atoms with van der Waals surface area (Å²) in [6, 6.07) is 14.3. The van der Waals surface area contributed by atoms with Crippen LogP contribution in [0.4, 0.5) is 28.2 Å². The molecule has 12 nitrogen and oxygen atoms in total. The standard InChI is InChI=1S/C29H36N10O2/c1-41-16-9-30-29(40)38-14-12-37(13-15-38)27-18-26(36-10-5-6-11-36)34-28(35-27)33-25-17-24-23(19-31-25)20-32-39(24)21-22-7-3-2-4-8-22/h2-4,7-8,17-20H,5-6,9-16,21H2,1H3,(H,30,40)(H,31,33,34,35). The Kier molecular flexibility index (Phi) is 8.08. The summed E-state index contributed by atoms with van der Waals surface area (Å²) in [4.78, 5) is 33.2. The van der Waals surface area contributed by atoms with Gasteiger partial charge in [0.1, 0.15) is 17.5 Å². The Labute approximate surface area is 239 Å². The number of methoxy groups -OCH3 is 1. The molecule has 12 heteroatoms. The number of pyridine rings is 1. The number of urea groups is 1. The molecule has 0 spiro atoms. The molecule has 2 aliphatic rings. The van der Waals surface area contributed by atoms with Gasteiger partial charge in [0.2, 0.25) is 5.95 Å². The molecule has 0 unspecified atom stereocenters. The fourth-order valence-electron chi connectivity index (χ4n) is 5.30. The first-order chi connectivity index (χ1) is 20.2. The van der Waals surface area contributed by atoms with Crippen LogP contribution in [0.1, 0.15) is 18.4 Å². The van der Waals surface area contributed by atoms with Crippen molar-refractivity contribution in [1.29, 1.82) is 0 Å². The first-order valence-electron chi connectivity index (χ1n) is 14.2. The largest absolute Gasteiger partial charge is 0.383 e. The molecule has 2 fully saturated rings. The minimum absolute atomic E-state index is 0.0579. The molecule has 214 valence electrons. The van der Waals surface area contributed by atoms with Gasteiger partial charge in [-0.15, -0.1) is 0 Å². The molecule has 2 aliphatic heterocycles. The summed E-state index contributed by atoms with van der Waals surface area (Å²) in [5.74, 6) is 2.92. The van der Waals surface area contributed by atoms with E-state index in [4.69, 9.17) is 14.7 Å². The summed E-state index contributed by atoms with van der Waals surface area (Å²) < 4.78 is 7.02. The van der Waals surface area contributed by atoms with Gasteiger partial charge in [-0.25, -0.2) is 9.78 Å². The van der Waals surface area contributed by atoms with Crippen LogP contribution in [-0.4, -0.2) is 95.2 Å². The van der Waals surface area contributed by atoms with Gasteiger partial charge in [0.05, 0.1) is 24.9 Å². The van der Waals surface area contributed by atoms with E-state index in [0.29, 0.717) is 57.6 Å². The molecular formula is C29H36N10O2. The smallest absolute Gasteiger partial charge is 0.317 e. The van der Waals surface area contributed by atoms with Crippen LogP contribution in [0.2, 0.25) is 0 Å². The van der Waals surface area contributed by atoms with Gasteiger partial charge < -0.3 is 30.1 Å². The van der Waals surface area contributed by atoms with E-state index < -0.39 is 0 Å². The van der Waals surface area contributed by atoms with Crippen molar-refractivity contribution in [3.05, 3.63) is 60.4 Å². The molecule has 0 radical (unpaired) electrons. The highest BCUT2D eigenvalue weighted by Crippen LogP contribution is 2.27. The van der Waals surface area contributed by atoms with Crippen molar-refractivity contribution in [2.75, 3.05) is 74.6 Å². The number of amides is 2. The van der Waals surface area contributed by atoms with E-state index in [1.807, 2.05) is 46.2 Å². The van der Waals surface area contributed by atoms with E-state index in [1.165, 1.54) is 5.56 Å². The third-order valence-electron chi connectivity index (χ3n) is 7.54. The third kappa shape index (κ3) is 6.32. The molecule has 5 heterocycles. The maximum Gasteiger partial charge on any atom is 0.317 e. The lowest BCUT2D eigenvalue weighted by Crippen LogP contribution is -2.52. The van der Waals surface area contributed by atoms with E-state index >= 15 is 0 Å². The number of rotatable bonds is 9. The second kappa shape index (κ2) is 12.4. The average molecular weight is 557 g/mol. The van der Waals surface area contributed by atoms with Crippen molar-refractivity contribution in [2.45, 2.75) is 19.4 Å². The number of fused-ring (bicyclic) bond motifs is 1. The summed E-state index contributed by atoms with van der Waals surface area (Å²) in [6.07, 6.45) is 5.98. The zero-order chi connectivity index (χ0) is 28.0. The number of hydrogen-bond donors (Lipinski definition) is 2. The molecule has 6 rings (SSSR count). The highest BCUT2D eigenvalue weighted by atomic mass is 16.5. The highest BCUT2D eigenvalue weighted by molar-refractivity contribution is 5.81. The van der Waals surface area contributed by atoms with Crippen LogP contribution in [0.5, 0.6) is 0 Å². The van der Waals surface area contributed by atoms with Gasteiger partial charge in [-0.1, -0.05) is 30.3 Å². The minimum atomic E-state index is -0.0579. The summed E-state index contributed by atoms with van der Waals surface area (Å²) in [7, 11) is 1.63. The van der Waals surface area contributed by atoms with Crippen LogP contribution in [0.25, 0.3) is 10.9 Å². The lowest BCUT2D eigenvalue weighted by atomic mass is 10.2. The zero-order valence-electron chi connectivity index (χ0n) is 23.4. The number of carbonyl (C=O) groups is 1. The first kappa shape index (κ1) is 26.8. The number of piperazine rings is 1. The van der Waals surface area contributed by atoms with Crippen molar-refractivity contribution in [3.8, 4) is 0 Å². The molecule has 4 aromatic rings. The molecular weight excluding hydrogens is 520 g/mol. The van der Waals surface area contributed by atoms with Crippen LogP contribution in [0.15, 0.2) is 54.9 Å². The maximum atomic E-state index is 12.5. The number of carbonyl (C=O) groups excluding carboxylic acids is 1. The van der Waals surface area contributed by atoms with Crippen molar-refractivity contribution in [3.63, 3.8) is 0 Å². The molecule has 2 amide bonds. The summed E-state index contributed by atoms with van der Waals surface area (Å²) in [6.45, 7) is 6.26. The molecule has 0 bridgehead atoms. The summed E-state index contributed by atoms with van der Waals surface area (Å²) in [5, 5.41) is 11.8. The summed E-state index contributed by atoms with van der Waals surface area (Å²) >= 11 is 0. The quantitative estimate of drug-likeness (QED) is 0.300. The molecule has 41 heavy (non-hydrogen) atoms. The Hall–Kier alpha value is -4.45. The Morgan fingerprint density at radius 1 is 0.927 bits per heavy atom. The summed E-state index contributed by atoms with van der Waals surface area (Å²) in [5.41, 5.74) is 2.17. The Balaban J connectivity index is 1.21. The zero-order valence-corrected chi connectivity index (χ0v) is 23.4. The molecule has 1 aromatic carbocycles. The molecule has 0 atom stereocenters. The van der Waals surface area contributed by atoms with E-state index in [2.05, 4.69) is 48.7 Å². The Morgan fingerprint density at radius 2 is 1.66 bits per heavy atom. The van der Waals surface area contributed by atoms with Gasteiger partial charge in [0.25, 0.3) is 0 Å². The van der Waals surface area contributed by atoms with E-state index in [0.717, 1.165) is 48.5 Å². The predicted octanol–water partition coefficient (Wildman–Crippen LogP) is 3.09. The van der Waals surface area contributed by atoms with Crippen molar-refractivity contribution >= 4 is 40.3 Å². The van der Waals surface area contributed by atoms with Crippen molar-refractivity contribution in [2.24, 2.45) is 0 Å². The number of nitrogens with zero attached hydrogens (tertiary/aromatic N) is 8. The normalized spacial score (nSPS) is 15.5. The number of anilines is 4. The van der Waals surface area contributed by atoms with Crippen LogP contribution in [0, 0.1) is 0 Å². The van der Waals surface area contributed by atoms with Crippen LogP contribution >= 0.6 is 0 Å². The molecule has 3 aromatic heterocycles. The fraction of sp³-hybridized carbons (Fsp3) is 0.414. The van der Waals surface area contributed by atoms with Crippen LogP contribution in [0.3, 0.4) is 0 Å². The van der Waals surface area contributed by atoms with Gasteiger partial charge in [-0.3, -0.25) is 4.68 Å². The lowest BCUT2D eigenvalue weighted by molar-refractivity contribution is 0.177. The topological polar surface area (TPSA) is 117 Å². The van der Waals surface area contributed by atoms with Gasteiger partial charge in [0, 0.05) is 76.6 Å².